The van der Waals surface area contributed by atoms with Gasteiger partial charge in [0.1, 0.15) is 22.3 Å². The number of nitrogens with one attached hydrogen (secondary N) is 3. The van der Waals surface area contributed by atoms with Crippen LogP contribution in [0, 0.1) is 11.7 Å². The van der Waals surface area contributed by atoms with Crippen LogP contribution >= 0.6 is 0 Å². The highest BCUT2D eigenvalue weighted by atomic mass is 32.2. The standard InChI is InChI=1S/C28H31FN6O3S/c1-17-19(13-27(36)31-17)12-20-15-30-35-26(33-22-10-11-22)14-25(34-28(20)35)32-21-8-6-18(7-9-21)16-39(37,38)24-5-3-2-4-23(24)29/h2-5,12,14-15,18,21-22,33H,1,6-11,13,16H2,(H,31,36)(H,32,34)/b19-12+. The number of aromatic nitrogens is 3. The van der Waals surface area contributed by atoms with E-state index in [0.717, 1.165) is 55.5 Å². The van der Waals surface area contributed by atoms with Crippen molar-refractivity contribution in [3.63, 3.8) is 0 Å². The van der Waals surface area contributed by atoms with Gasteiger partial charge in [0, 0.05) is 29.4 Å². The Labute approximate surface area is 226 Å². The molecule has 1 aromatic carbocycles. The average molecular weight is 551 g/mol. The topological polar surface area (TPSA) is 117 Å². The fraction of sp³-hybridized carbons (Fsp3) is 0.393. The first kappa shape index (κ1) is 25.5. The van der Waals surface area contributed by atoms with E-state index in [1.807, 2.05) is 12.1 Å². The predicted molar refractivity (Wildman–Crippen MR) is 147 cm³/mol. The normalized spacial score (nSPS) is 22.8. The minimum Gasteiger partial charge on any atom is -0.367 e. The number of allylic oxidation sites excluding steroid dienone is 1. The molecule has 9 nitrogen and oxygen atoms in total. The lowest BCUT2D eigenvalue weighted by molar-refractivity contribution is -0.118. The van der Waals surface area contributed by atoms with Gasteiger partial charge in [0.15, 0.2) is 15.5 Å². The number of fused-ring (bicyclic) bond motifs is 1. The third-order valence-electron chi connectivity index (χ3n) is 7.61. The highest BCUT2D eigenvalue weighted by Gasteiger charge is 2.29. The Balaban J connectivity index is 1.18. The molecular formula is C28H31FN6O3S. The van der Waals surface area contributed by atoms with Crippen molar-refractivity contribution < 1.29 is 17.6 Å². The molecule has 3 N–H and O–H groups in total. The second-order valence-corrected chi connectivity index (χ2v) is 12.7. The predicted octanol–water partition coefficient (Wildman–Crippen LogP) is 4.30. The molecule has 3 heterocycles. The van der Waals surface area contributed by atoms with Gasteiger partial charge in [0.25, 0.3) is 0 Å². The lowest BCUT2D eigenvalue weighted by Crippen LogP contribution is -2.29. The summed E-state index contributed by atoms with van der Waals surface area (Å²) in [7, 11) is -3.68. The summed E-state index contributed by atoms with van der Waals surface area (Å²) in [4.78, 5) is 16.4. The van der Waals surface area contributed by atoms with Crippen LogP contribution in [0.3, 0.4) is 0 Å². The molecule has 3 fully saturated rings. The van der Waals surface area contributed by atoms with E-state index in [1.54, 1.807) is 16.8 Å². The second-order valence-electron chi connectivity index (χ2n) is 10.7. The average Bonchev–Trinajstić information content (AvgIpc) is 3.53. The van der Waals surface area contributed by atoms with Gasteiger partial charge >= 0.3 is 0 Å². The molecule has 6 rings (SSSR count). The minimum absolute atomic E-state index is 0.0147. The van der Waals surface area contributed by atoms with E-state index in [1.165, 1.54) is 18.2 Å². The molecule has 2 aromatic heterocycles. The molecule has 39 heavy (non-hydrogen) atoms. The Morgan fingerprint density at radius 2 is 1.82 bits per heavy atom. The molecule has 0 radical (unpaired) electrons. The number of hydrogen-bond donors (Lipinski definition) is 3. The summed E-state index contributed by atoms with van der Waals surface area (Å²) < 4.78 is 41.5. The maximum absolute atomic E-state index is 14.1. The van der Waals surface area contributed by atoms with Crippen LogP contribution in [0.25, 0.3) is 11.7 Å². The van der Waals surface area contributed by atoms with Gasteiger partial charge in [-0.05, 0) is 68.2 Å². The number of amides is 1. The molecule has 0 unspecified atom stereocenters. The molecule has 204 valence electrons. The molecule has 3 aromatic rings. The maximum Gasteiger partial charge on any atom is 0.228 e. The number of rotatable bonds is 8. The van der Waals surface area contributed by atoms with Crippen LogP contribution in [-0.4, -0.2) is 46.8 Å². The van der Waals surface area contributed by atoms with Crippen molar-refractivity contribution >= 4 is 39.1 Å². The van der Waals surface area contributed by atoms with Crippen LogP contribution in [0.4, 0.5) is 16.0 Å². The Kier molecular flexibility index (Phi) is 6.62. The van der Waals surface area contributed by atoms with Crippen LogP contribution in [0.15, 0.2) is 59.3 Å². The molecule has 11 heteroatoms. The third-order valence-corrected chi connectivity index (χ3v) is 9.52. The van der Waals surface area contributed by atoms with Crippen LogP contribution < -0.4 is 16.0 Å². The van der Waals surface area contributed by atoms with Gasteiger partial charge in [-0.25, -0.2) is 17.8 Å². The van der Waals surface area contributed by atoms with E-state index in [-0.39, 0.29) is 34.9 Å². The summed E-state index contributed by atoms with van der Waals surface area (Å²) >= 11 is 0. The Morgan fingerprint density at radius 3 is 2.51 bits per heavy atom. The molecule has 2 saturated carbocycles. The van der Waals surface area contributed by atoms with E-state index in [4.69, 9.17) is 4.98 Å². The summed E-state index contributed by atoms with van der Waals surface area (Å²) in [6.45, 7) is 3.93. The zero-order chi connectivity index (χ0) is 27.1. The van der Waals surface area contributed by atoms with Crippen LogP contribution in [-0.2, 0) is 14.6 Å². The van der Waals surface area contributed by atoms with Gasteiger partial charge in [-0.15, -0.1) is 0 Å². The van der Waals surface area contributed by atoms with Gasteiger partial charge in [-0.3, -0.25) is 4.79 Å². The summed E-state index contributed by atoms with van der Waals surface area (Å²) in [5.41, 5.74) is 2.88. The van der Waals surface area contributed by atoms with Crippen LogP contribution in [0.5, 0.6) is 0 Å². The lowest BCUT2D eigenvalue weighted by atomic mass is 9.87. The van der Waals surface area contributed by atoms with E-state index in [2.05, 4.69) is 27.6 Å². The van der Waals surface area contributed by atoms with Gasteiger partial charge in [-0.1, -0.05) is 18.7 Å². The molecule has 2 aliphatic carbocycles. The Hall–Kier alpha value is -3.73. The molecular weight excluding hydrogens is 519 g/mol. The van der Waals surface area contributed by atoms with Crippen molar-refractivity contribution in [1.82, 2.24) is 19.9 Å². The van der Waals surface area contributed by atoms with Crippen molar-refractivity contribution in [3.8, 4) is 0 Å². The highest BCUT2D eigenvalue weighted by Crippen LogP contribution is 2.32. The maximum atomic E-state index is 14.1. The number of anilines is 2. The van der Waals surface area contributed by atoms with E-state index >= 15 is 0 Å². The fourth-order valence-corrected chi connectivity index (χ4v) is 7.16. The fourth-order valence-electron chi connectivity index (χ4n) is 5.37. The van der Waals surface area contributed by atoms with Crippen LogP contribution in [0.1, 0.15) is 50.5 Å². The number of benzene rings is 1. The number of hydrogen-bond acceptors (Lipinski definition) is 7. The van der Waals surface area contributed by atoms with E-state index in [9.17, 15) is 17.6 Å². The number of halogens is 1. The van der Waals surface area contributed by atoms with Gasteiger partial charge in [0.2, 0.25) is 5.91 Å². The first-order valence-corrected chi connectivity index (χ1v) is 15.0. The van der Waals surface area contributed by atoms with Gasteiger partial charge < -0.3 is 16.0 Å². The van der Waals surface area contributed by atoms with Crippen molar-refractivity contribution in [1.29, 1.82) is 0 Å². The zero-order valence-corrected chi connectivity index (χ0v) is 22.3. The van der Waals surface area contributed by atoms with Crippen LogP contribution in [0.2, 0.25) is 0 Å². The number of carbonyl (C=O) groups excluding carboxylic acids is 1. The number of carbonyl (C=O) groups is 1. The first-order valence-electron chi connectivity index (χ1n) is 13.3. The number of nitrogens with zero attached hydrogens (tertiary/aromatic N) is 3. The number of sulfone groups is 1. The van der Waals surface area contributed by atoms with Crippen molar-refractivity contribution in [2.24, 2.45) is 5.92 Å². The van der Waals surface area contributed by atoms with Gasteiger partial charge in [0.05, 0.1) is 18.4 Å². The van der Waals surface area contributed by atoms with Crippen molar-refractivity contribution in [2.75, 3.05) is 16.4 Å². The first-order chi connectivity index (χ1) is 18.7. The highest BCUT2D eigenvalue weighted by molar-refractivity contribution is 7.91. The molecule has 0 spiro atoms. The summed E-state index contributed by atoms with van der Waals surface area (Å²) in [6, 6.07) is 8.09. The SMILES string of the molecule is C=C1NC(=O)C/C1=C\c1cnn2c(NC3CC3)cc(NC3CCC(CS(=O)(=O)c4ccccc4F)CC3)nc12. The molecule has 1 saturated heterocycles. The minimum atomic E-state index is -3.68. The Bertz CT molecular complexity index is 1590. The molecule has 0 bridgehead atoms. The van der Waals surface area contributed by atoms with E-state index in [0.29, 0.717) is 23.2 Å². The second kappa shape index (κ2) is 10.1. The smallest absolute Gasteiger partial charge is 0.228 e. The summed E-state index contributed by atoms with van der Waals surface area (Å²) in [6.07, 6.45) is 9.18. The summed E-state index contributed by atoms with van der Waals surface area (Å²) in [5, 5.41) is 14.4. The third kappa shape index (κ3) is 5.54. The molecule has 3 aliphatic rings. The van der Waals surface area contributed by atoms with E-state index < -0.39 is 15.7 Å². The van der Waals surface area contributed by atoms with Crippen molar-refractivity contribution in [3.05, 3.63) is 65.8 Å². The zero-order valence-electron chi connectivity index (χ0n) is 21.5. The molecule has 0 atom stereocenters. The lowest BCUT2D eigenvalue weighted by Gasteiger charge is -2.29. The molecule has 1 amide bonds. The quantitative estimate of drug-likeness (QED) is 0.383. The Morgan fingerprint density at radius 1 is 1.10 bits per heavy atom. The monoisotopic (exact) mass is 550 g/mol. The van der Waals surface area contributed by atoms with Gasteiger partial charge in [-0.2, -0.15) is 9.61 Å². The van der Waals surface area contributed by atoms with Crippen molar-refractivity contribution in [2.45, 2.75) is 61.9 Å². The summed E-state index contributed by atoms with van der Waals surface area (Å²) in [5.74, 6) is 0.730. The largest absolute Gasteiger partial charge is 0.367 e. The molecule has 1 aliphatic heterocycles.